The lowest BCUT2D eigenvalue weighted by molar-refractivity contribution is -0.117. The molecule has 1 aromatic heterocycles. The molecule has 0 atom stereocenters. The molecule has 1 amide bonds. The maximum Gasteiger partial charge on any atom is 0.227 e. The summed E-state index contributed by atoms with van der Waals surface area (Å²) in [5.41, 5.74) is 3.75. The largest absolute Gasteiger partial charge is 0.326 e. The van der Waals surface area contributed by atoms with Crippen molar-refractivity contribution in [1.82, 2.24) is 4.98 Å². The number of carbonyl (C=O) groups excluding carboxylic acids is 1. The zero-order valence-corrected chi connectivity index (χ0v) is 12.1. The van der Waals surface area contributed by atoms with Crippen molar-refractivity contribution in [2.75, 3.05) is 5.32 Å². The van der Waals surface area contributed by atoms with Crippen molar-refractivity contribution in [1.29, 1.82) is 0 Å². The van der Waals surface area contributed by atoms with E-state index in [1.165, 1.54) is 0 Å². The maximum atomic E-state index is 11.9. The number of pyridine rings is 1. The van der Waals surface area contributed by atoms with Crippen LogP contribution in [0.1, 0.15) is 12.8 Å². The molecule has 1 heterocycles. The molecule has 0 spiro atoms. The first-order chi connectivity index (χ1) is 10.8. The molecular formula is C19H16N2O. The van der Waals surface area contributed by atoms with E-state index >= 15 is 0 Å². The van der Waals surface area contributed by atoms with Gasteiger partial charge in [0.05, 0.1) is 11.2 Å². The molecule has 3 heteroatoms. The van der Waals surface area contributed by atoms with E-state index in [4.69, 9.17) is 4.98 Å². The smallest absolute Gasteiger partial charge is 0.227 e. The van der Waals surface area contributed by atoms with Crippen LogP contribution < -0.4 is 5.32 Å². The molecule has 22 heavy (non-hydrogen) atoms. The van der Waals surface area contributed by atoms with Crippen LogP contribution in [-0.2, 0) is 4.79 Å². The van der Waals surface area contributed by atoms with Crippen molar-refractivity contribution >= 4 is 22.5 Å². The highest BCUT2D eigenvalue weighted by Gasteiger charge is 2.29. The number of hydrogen-bond acceptors (Lipinski definition) is 2. The minimum absolute atomic E-state index is 0.128. The highest BCUT2D eigenvalue weighted by molar-refractivity contribution is 5.94. The van der Waals surface area contributed by atoms with Crippen LogP contribution in [0.2, 0.25) is 0 Å². The zero-order valence-electron chi connectivity index (χ0n) is 12.1. The van der Waals surface area contributed by atoms with E-state index in [0.29, 0.717) is 0 Å². The first-order valence-electron chi connectivity index (χ1n) is 7.57. The van der Waals surface area contributed by atoms with Crippen molar-refractivity contribution in [3.63, 3.8) is 0 Å². The number of rotatable bonds is 3. The van der Waals surface area contributed by atoms with Crippen molar-refractivity contribution in [3.05, 3.63) is 60.7 Å². The van der Waals surface area contributed by atoms with Crippen LogP contribution >= 0.6 is 0 Å². The number of nitrogens with zero attached hydrogens (tertiary/aromatic N) is 1. The van der Waals surface area contributed by atoms with E-state index in [1.807, 2.05) is 48.5 Å². The van der Waals surface area contributed by atoms with Gasteiger partial charge in [-0.15, -0.1) is 0 Å². The van der Waals surface area contributed by atoms with Crippen molar-refractivity contribution < 1.29 is 4.79 Å². The predicted molar refractivity (Wildman–Crippen MR) is 88.5 cm³/mol. The van der Waals surface area contributed by atoms with Gasteiger partial charge < -0.3 is 5.32 Å². The lowest BCUT2D eigenvalue weighted by atomic mass is 10.1. The Labute approximate surface area is 129 Å². The van der Waals surface area contributed by atoms with Crippen LogP contribution in [0, 0.1) is 5.92 Å². The van der Waals surface area contributed by atoms with Gasteiger partial charge in [0.15, 0.2) is 0 Å². The van der Waals surface area contributed by atoms with Crippen LogP contribution in [0.3, 0.4) is 0 Å². The fourth-order valence-electron chi connectivity index (χ4n) is 2.57. The minimum Gasteiger partial charge on any atom is -0.326 e. The molecule has 2 aromatic carbocycles. The average Bonchev–Trinajstić information content (AvgIpc) is 3.40. The van der Waals surface area contributed by atoms with Gasteiger partial charge in [0.1, 0.15) is 0 Å². The molecule has 0 unspecified atom stereocenters. The second kappa shape index (κ2) is 5.26. The quantitative estimate of drug-likeness (QED) is 0.782. The van der Waals surface area contributed by atoms with Gasteiger partial charge in [-0.1, -0.05) is 36.4 Å². The van der Waals surface area contributed by atoms with E-state index in [0.717, 1.165) is 40.7 Å². The number of para-hydroxylation sites is 1. The fraction of sp³-hybridized carbons (Fsp3) is 0.158. The van der Waals surface area contributed by atoms with Gasteiger partial charge in [0.25, 0.3) is 0 Å². The van der Waals surface area contributed by atoms with Gasteiger partial charge in [0, 0.05) is 22.6 Å². The van der Waals surface area contributed by atoms with Crippen LogP contribution in [0.25, 0.3) is 22.2 Å². The number of hydrogen-bond donors (Lipinski definition) is 1. The Balaban J connectivity index is 1.66. The molecule has 0 bridgehead atoms. The first kappa shape index (κ1) is 13.0. The molecular weight excluding hydrogens is 272 g/mol. The molecule has 1 aliphatic rings. The second-order valence-corrected chi connectivity index (χ2v) is 5.73. The second-order valence-electron chi connectivity index (χ2n) is 5.73. The van der Waals surface area contributed by atoms with Gasteiger partial charge in [0.2, 0.25) is 5.91 Å². The Kier molecular flexibility index (Phi) is 3.11. The number of aromatic nitrogens is 1. The molecule has 0 aliphatic heterocycles. The normalized spacial score (nSPS) is 14.0. The number of anilines is 1. The summed E-state index contributed by atoms with van der Waals surface area (Å²) in [7, 11) is 0. The van der Waals surface area contributed by atoms with E-state index < -0.39 is 0 Å². The van der Waals surface area contributed by atoms with Crippen LogP contribution in [-0.4, -0.2) is 10.9 Å². The van der Waals surface area contributed by atoms with E-state index in [9.17, 15) is 4.79 Å². The number of benzene rings is 2. The summed E-state index contributed by atoms with van der Waals surface area (Å²) in [5.74, 6) is 0.339. The van der Waals surface area contributed by atoms with Crippen molar-refractivity contribution in [2.24, 2.45) is 5.92 Å². The number of nitrogens with one attached hydrogen (secondary N) is 1. The summed E-state index contributed by atoms with van der Waals surface area (Å²) < 4.78 is 0. The topological polar surface area (TPSA) is 42.0 Å². The fourth-order valence-corrected chi connectivity index (χ4v) is 2.57. The molecule has 108 valence electrons. The Morgan fingerprint density at radius 1 is 1.00 bits per heavy atom. The van der Waals surface area contributed by atoms with Gasteiger partial charge in [-0.2, -0.15) is 0 Å². The number of amides is 1. The molecule has 1 aliphatic carbocycles. The predicted octanol–water partition coefficient (Wildman–Crippen LogP) is 4.25. The van der Waals surface area contributed by atoms with E-state index in [2.05, 4.69) is 17.4 Å². The van der Waals surface area contributed by atoms with Gasteiger partial charge in [-0.3, -0.25) is 4.79 Å². The van der Waals surface area contributed by atoms with Crippen LogP contribution in [0.4, 0.5) is 5.69 Å². The standard InChI is InChI=1S/C19H16N2O/c22-19(14-8-9-14)20-16-6-3-5-15(12-16)18-11-10-13-4-1-2-7-17(13)21-18/h1-7,10-12,14H,8-9H2,(H,20,22). The molecule has 1 N–H and O–H groups in total. The Morgan fingerprint density at radius 2 is 1.86 bits per heavy atom. The van der Waals surface area contributed by atoms with Crippen molar-refractivity contribution in [2.45, 2.75) is 12.8 Å². The molecule has 0 radical (unpaired) electrons. The SMILES string of the molecule is O=C(Nc1cccc(-c2ccc3ccccc3n2)c1)C1CC1. The molecule has 4 rings (SSSR count). The summed E-state index contributed by atoms with van der Waals surface area (Å²) in [6, 6.07) is 20.0. The summed E-state index contributed by atoms with van der Waals surface area (Å²) in [6.45, 7) is 0. The molecule has 3 aromatic rings. The maximum absolute atomic E-state index is 11.9. The summed E-state index contributed by atoms with van der Waals surface area (Å²) in [5, 5.41) is 4.11. The van der Waals surface area contributed by atoms with E-state index in [-0.39, 0.29) is 11.8 Å². The summed E-state index contributed by atoms with van der Waals surface area (Å²) >= 11 is 0. The van der Waals surface area contributed by atoms with Crippen LogP contribution in [0.15, 0.2) is 60.7 Å². The van der Waals surface area contributed by atoms with Gasteiger partial charge in [-0.25, -0.2) is 4.98 Å². The average molecular weight is 288 g/mol. The third-order valence-corrected chi connectivity index (χ3v) is 3.97. The highest BCUT2D eigenvalue weighted by Crippen LogP contribution is 2.31. The third-order valence-electron chi connectivity index (χ3n) is 3.97. The zero-order chi connectivity index (χ0) is 14.9. The highest BCUT2D eigenvalue weighted by atomic mass is 16.2. The Hall–Kier alpha value is -2.68. The number of carbonyl (C=O) groups is 1. The molecule has 1 saturated carbocycles. The van der Waals surface area contributed by atoms with Crippen LogP contribution in [0.5, 0.6) is 0 Å². The van der Waals surface area contributed by atoms with E-state index in [1.54, 1.807) is 0 Å². The van der Waals surface area contributed by atoms with Gasteiger partial charge in [-0.05, 0) is 37.1 Å². The minimum atomic E-state index is 0.128. The lowest BCUT2D eigenvalue weighted by Gasteiger charge is -2.07. The van der Waals surface area contributed by atoms with Gasteiger partial charge >= 0.3 is 0 Å². The third kappa shape index (κ3) is 2.58. The summed E-state index contributed by atoms with van der Waals surface area (Å²) in [4.78, 5) is 16.6. The molecule has 1 fully saturated rings. The first-order valence-corrected chi connectivity index (χ1v) is 7.57. The summed E-state index contributed by atoms with van der Waals surface area (Å²) in [6.07, 6.45) is 2.02. The van der Waals surface area contributed by atoms with Crippen molar-refractivity contribution in [3.8, 4) is 11.3 Å². The molecule has 3 nitrogen and oxygen atoms in total. The Morgan fingerprint density at radius 3 is 2.73 bits per heavy atom. The monoisotopic (exact) mass is 288 g/mol. The lowest BCUT2D eigenvalue weighted by Crippen LogP contribution is -2.13. The Bertz CT molecular complexity index is 853. The molecule has 0 saturated heterocycles. The number of fused-ring (bicyclic) bond motifs is 1.